The van der Waals surface area contributed by atoms with Crippen molar-refractivity contribution < 1.29 is 9.59 Å². The lowest BCUT2D eigenvalue weighted by Gasteiger charge is -2.25. The van der Waals surface area contributed by atoms with Crippen molar-refractivity contribution >= 4 is 11.8 Å². The number of benzene rings is 1. The summed E-state index contributed by atoms with van der Waals surface area (Å²) in [5.74, 6) is -0.286. The van der Waals surface area contributed by atoms with Crippen molar-refractivity contribution in [2.24, 2.45) is 11.1 Å². The molecular weight excluding hydrogens is 290 g/mol. The predicted octanol–water partition coefficient (Wildman–Crippen LogP) is 2.20. The third kappa shape index (κ3) is 6.02. The van der Waals surface area contributed by atoms with E-state index in [1.807, 2.05) is 46.8 Å². The van der Waals surface area contributed by atoms with Gasteiger partial charge in [0, 0.05) is 18.2 Å². The van der Waals surface area contributed by atoms with Crippen molar-refractivity contribution in [2.45, 2.75) is 59.7 Å². The molecule has 0 aliphatic carbocycles. The first-order valence-electron chi connectivity index (χ1n) is 8.08. The lowest BCUT2D eigenvalue weighted by atomic mass is 9.87. The second-order valence-corrected chi connectivity index (χ2v) is 7.04. The van der Waals surface area contributed by atoms with Crippen LogP contribution >= 0.6 is 0 Å². The van der Waals surface area contributed by atoms with Gasteiger partial charge in [-0.3, -0.25) is 9.59 Å². The minimum absolute atomic E-state index is 0.0982. The summed E-state index contributed by atoms with van der Waals surface area (Å²) in [7, 11) is 0. The molecule has 0 radical (unpaired) electrons. The van der Waals surface area contributed by atoms with Crippen LogP contribution in [0.1, 0.15) is 57.0 Å². The molecule has 1 unspecified atom stereocenters. The van der Waals surface area contributed by atoms with Crippen LogP contribution in [0.3, 0.4) is 0 Å². The van der Waals surface area contributed by atoms with E-state index in [1.165, 1.54) is 0 Å². The summed E-state index contributed by atoms with van der Waals surface area (Å²) >= 11 is 0. The third-order valence-electron chi connectivity index (χ3n) is 3.86. The molecule has 0 heterocycles. The van der Waals surface area contributed by atoms with Crippen molar-refractivity contribution in [3.63, 3.8) is 0 Å². The Morgan fingerprint density at radius 3 is 2.48 bits per heavy atom. The standard InChI is InChI=1S/C18H29N3O2/c1-6-12(2)21-16(22)14-9-7-8-13(10-14)11-20-17(23)15(19)18(3,4)5/h7-10,12,15H,6,11,19H2,1-5H3,(H,20,23)(H,21,22)/t12?,15-/m1/s1. The van der Waals surface area contributed by atoms with E-state index < -0.39 is 6.04 Å². The maximum Gasteiger partial charge on any atom is 0.251 e. The smallest absolute Gasteiger partial charge is 0.251 e. The van der Waals surface area contributed by atoms with E-state index in [4.69, 9.17) is 5.73 Å². The molecule has 0 aliphatic rings. The maximum atomic E-state index is 12.1. The van der Waals surface area contributed by atoms with Crippen LogP contribution in [0.15, 0.2) is 24.3 Å². The molecule has 4 N–H and O–H groups in total. The van der Waals surface area contributed by atoms with Gasteiger partial charge in [-0.25, -0.2) is 0 Å². The molecule has 5 heteroatoms. The maximum absolute atomic E-state index is 12.1. The van der Waals surface area contributed by atoms with Crippen molar-refractivity contribution in [3.05, 3.63) is 35.4 Å². The zero-order valence-electron chi connectivity index (χ0n) is 14.8. The monoisotopic (exact) mass is 319 g/mol. The molecule has 23 heavy (non-hydrogen) atoms. The highest BCUT2D eigenvalue weighted by molar-refractivity contribution is 5.94. The molecule has 1 rings (SSSR count). The first-order chi connectivity index (χ1) is 10.6. The Morgan fingerprint density at radius 2 is 1.91 bits per heavy atom. The van der Waals surface area contributed by atoms with E-state index in [9.17, 15) is 9.59 Å². The number of nitrogens with one attached hydrogen (secondary N) is 2. The summed E-state index contributed by atoms with van der Waals surface area (Å²) in [5, 5.41) is 5.76. The second kappa shape index (κ2) is 8.11. The summed E-state index contributed by atoms with van der Waals surface area (Å²) in [5.41, 5.74) is 7.11. The summed E-state index contributed by atoms with van der Waals surface area (Å²) in [4.78, 5) is 24.2. The van der Waals surface area contributed by atoms with E-state index >= 15 is 0 Å². The zero-order valence-corrected chi connectivity index (χ0v) is 14.8. The summed E-state index contributed by atoms with van der Waals surface area (Å²) in [6, 6.07) is 6.82. The van der Waals surface area contributed by atoms with Gasteiger partial charge in [-0.15, -0.1) is 0 Å². The average Bonchev–Trinajstić information content (AvgIpc) is 2.50. The van der Waals surface area contributed by atoms with Crippen molar-refractivity contribution in [3.8, 4) is 0 Å². The van der Waals surface area contributed by atoms with Gasteiger partial charge in [-0.05, 0) is 36.5 Å². The summed E-state index contributed by atoms with van der Waals surface area (Å²) in [6.07, 6.45) is 0.881. The minimum atomic E-state index is -0.570. The Balaban J connectivity index is 2.67. The normalized spacial score (nSPS) is 14.0. The van der Waals surface area contributed by atoms with E-state index in [0.717, 1.165) is 12.0 Å². The van der Waals surface area contributed by atoms with Crippen molar-refractivity contribution in [1.82, 2.24) is 10.6 Å². The number of amides is 2. The fraction of sp³-hybridized carbons (Fsp3) is 0.556. The predicted molar refractivity (Wildman–Crippen MR) is 92.9 cm³/mol. The first kappa shape index (κ1) is 19.2. The van der Waals surface area contributed by atoms with Gasteiger partial charge in [0.15, 0.2) is 0 Å². The molecule has 0 aliphatic heterocycles. The van der Waals surface area contributed by atoms with Crippen LogP contribution in [0.25, 0.3) is 0 Å². The Morgan fingerprint density at radius 1 is 1.26 bits per heavy atom. The van der Waals surface area contributed by atoms with Crippen molar-refractivity contribution in [1.29, 1.82) is 0 Å². The largest absolute Gasteiger partial charge is 0.351 e. The van der Waals surface area contributed by atoms with Crippen LogP contribution in [-0.2, 0) is 11.3 Å². The van der Waals surface area contributed by atoms with Gasteiger partial charge in [0.2, 0.25) is 5.91 Å². The molecule has 0 saturated heterocycles. The third-order valence-corrected chi connectivity index (χ3v) is 3.86. The summed E-state index contributed by atoms with van der Waals surface area (Å²) in [6.45, 7) is 10.1. The topological polar surface area (TPSA) is 84.2 Å². The second-order valence-electron chi connectivity index (χ2n) is 7.04. The van der Waals surface area contributed by atoms with Gasteiger partial charge in [-0.1, -0.05) is 39.8 Å². The molecule has 0 saturated carbocycles. The first-order valence-corrected chi connectivity index (χ1v) is 8.08. The van der Waals surface area contributed by atoms with Gasteiger partial charge in [0.1, 0.15) is 0 Å². The minimum Gasteiger partial charge on any atom is -0.351 e. The molecule has 5 nitrogen and oxygen atoms in total. The zero-order chi connectivity index (χ0) is 17.6. The molecule has 0 aromatic heterocycles. The highest BCUT2D eigenvalue weighted by atomic mass is 16.2. The molecule has 0 fully saturated rings. The number of carbonyl (C=O) groups excluding carboxylic acids is 2. The number of nitrogens with two attached hydrogens (primary N) is 1. The molecule has 0 spiro atoms. The Labute approximate surface area is 139 Å². The number of carbonyl (C=O) groups is 2. The van der Waals surface area contributed by atoms with Gasteiger partial charge in [0.05, 0.1) is 6.04 Å². The highest BCUT2D eigenvalue weighted by Gasteiger charge is 2.27. The fourth-order valence-electron chi connectivity index (χ4n) is 1.92. The average molecular weight is 319 g/mol. The Hall–Kier alpha value is -1.88. The Bertz CT molecular complexity index is 549. The molecule has 2 atom stereocenters. The van der Waals surface area contributed by atoms with Gasteiger partial charge < -0.3 is 16.4 Å². The number of hydrogen-bond acceptors (Lipinski definition) is 3. The van der Waals surface area contributed by atoms with Crippen LogP contribution in [0.2, 0.25) is 0 Å². The van der Waals surface area contributed by atoms with Gasteiger partial charge >= 0.3 is 0 Å². The SMILES string of the molecule is CCC(C)NC(=O)c1cccc(CNC(=O)[C@@H](N)C(C)(C)C)c1. The Kier molecular flexibility index (Phi) is 6.76. The number of rotatable bonds is 6. The molecular formula is C18H29N3O2. The van der Waals surface area contributed by atoms with Crippen LogP contribution in [-0.4, -0.2) is 23.9 Å². The molecule has 2 amide bonds. The number of hydrogen-bond donors (Lipinski definition) is 3. The van der Waals surface area contributed by atoms with Crippen LogP contribution in [0, 0.1) is 5.41 Å². The van der Waals surface area contributed by atoms with Crippen LogP contribution < -0.4 is 16.4 Å². The quantitative estimate of drug-likeness (QED) is 0.751. The van der Waals surface area contributed by atoms with E-state index in [0.29, 0.717) is 12.1 Å². The van der Waals surface area contributed by atoms with E-state index in [2.05, 4.69) is 10.6 Å². The van der Waals surface area contributed by atoms with E-state index in [1.54, 1.807) is 12.1 Å². The van der Waals surface area contributed by atoms with Crippen molar-refractivity contribution in [2.75, 3.05) is 0 Å². The van der Waals surface area contributed by atoms with Gasteiger partial charge in [-0.2, -0.15) is 0 Å². The lowest BCUT2D eigenvalue weighted by Crippen LogP contribution is -2.48. The van der Waals surface area contributed by atoms with Crippen LogP contribution in [0.5, 0.6) is 0 Å². The van der Waals surface area contributed by atoms with Crippen LogP contribution in [0.4, 0.5) is 0 Å². The van der Waals surface area contributed by atoms with Gasteiger partial charge in [0.25, 0.3) is 5.91 Å². The molecule has 1 aromatic rings. The lowest BCUT2D eigenvalue weighted by molar-refractivity contribution is -0.124. The molecule has 0 bridgehead atoms. The summed E-state index contributed by atoms with van der Waals surface area (Å²) < 4.78 is 0. The highest BCUT2D eigenvalue weighted by Crippen LogP contribution is 2.17. The molecule has 1 aromatic carbocycles. The fourth-order valence-corrected chi connectivity index (χ4v) is 1.92. The van der Waals surface area contributed by atoms with E-state index in [-0.39, 0.29) is 23.3 Å². The molecule has 128 valence electrons.